The van der Waals surface area contributed by atoms with Crippen LogP contribution in [0.1, 0.15) is 33.6 Å². The molecule has 0 amide bonds. The maximum atomic E-state index is 11.6. The summed E-state index contributed by atoms with van der Waals surface area (Å²) in [7, 11) is 1.41. The molecule has 0 radical (unpaired) electrons. The summed E-state index contributed by atoms with van der Waals surface area (Å²) in [6, 6.07) is 0. The Bertz CT molecular complexity index is 211. The van der Waals surface area contributed by atoms with Gasteiger partial charge in [-0.15, -0.1) is 6.58 Å². The second-order valence-electron chi connectivity index (χ2n) is 4.24. The average molecular weight is 214 g/mol. The van der Waals surface area contributed by atoms with Crippen molar-refractivity contribution in [3.8, 4) is 0 Å². The fourth-order valence-electron chi connectivity index (χ4n) is 1.25. The van der Waals surface area contributed by atoms with Gasteiger partial charge in [0.1, 0.15) is 0 Å². The third-order valence-corrected chi connectivity index (χ3v) is 2.31. The Kier molecular flexibility index (Phi) is 6.25. The highest BCUT2D eigenvalue weighted by Gasteiger charge is 2.34. The van der Waals surface area contributed by atoms with Gasteiger partial charge in [0, 0.05) is 0 Å². The Hall–Kier alpha value is -0.830. The number of ether oxygens (including phenoxy) is 2. The van der Waals surface area contributed by atoms with Crippen LogP contribution in [0.5, 0.6) is 0 Å². The Balaban J connectivity index is 4.39. The average Bonchev–Trinajstić information content (AvgIpc) is 2.22. The first-order valence-electron chi connectivity index (χ1n) is 5.27. The summed E-state index contributed by atoms with van der Waals surface area (Å²) in [5.41, 5.74) is -0.562. The van der Waals surface area contributed by atoms with Crippen LogP contribution in [0.15, 0.2) is 12.7 Å². The molecule has 0 aliphatic heterocycles. The molecular weight excluding hydrogens is 192 g/mol. The van der Waals surface area contributed by atoms with Crippen molar-refractivity contribution in [1.29, 1.82) is 0 Å². The summed E-state index contributed by atoms with van der Waals surface area (Å²) in [5, 5.41) is 0. The topological polar surface area (TPSA) is 35.5 Å². The molecule has 0 aromatic rings. The SMILES string of the molecule is C=CCCC(C)(COC(C)C)C(=O)OC. The standard InChI is InChI=1S/C12H22O3/c1-6-7-8-12(4,11(13)14-5)9-15-10(2)3/h6,10H,1,7-9H2,2-5H3. The number of esters is 1. The van der Waals surface area contributed by atoms with Crippen molar-refractivity contribution in [3.63, 3.8) is 0 Å². The minimum atomic E-state index is -0.562. The van der Waals surface area contributed by atoms with Crippen molar-refractivity contribution >= 4 is 5.97 Å². The second kappa shape index (κ2) is 6.62. The molecule has 0 saturated carbocycles. The predicted molar refractivity (Wildman–Crippen MR) is 60.6 cm³/mol. The summed E-state index contributed by atoms with van der Waals surface area (Å²) in [5.74, 6) is -0.218. The largest absolute Gasteiger partial charge is 0.469 e. The van der Waals surface area contributed by atoms with Crippen molar-refractivity contribution in [2.45, 2.75) is 39.7 Å². The lowest BCUT2D eigenvalue weighted by Crippen LogP contribution is -2.35. The molecule has 0 heterocycles. The van der Waals surface area contributed by atoms with Gasteiger partial charge < -0.3 is 9.47 Å². The number of hydrogen-bond donors (Lipinski definition) is 0. The summed E-state index contributed by atoms with van der Waals surface area (Å²) in [4.78, 5) is 11.6. The fraction of sp³-hybridized carbons (Fsp3) is 0.750. The molecule has 3 nitrogen and oxygen atoms in total. The van der Waals surface area contributed by atoms with E-state index in [0.29, 0.717) is 13.0 Å². The van der Waals surface area contributed by atoms with Crippen molar-refractivity contribution < 1.29 is 14.3 Å². The van der Waals surface area contributed by atoms with Gasteiger partial charge in [-0.3, -0.25) is 4.79 Å². The molecule has 15 heavy (non-hydrogen) atoms. The van der Waals surface area contributed by atoms with Gasteiger partial charge in [-0.25, -0.2) is 0 Å². The predicted octanol–water partition coefficient (Wildman–Crippen LogP) is 2.56. The van der Waals surface area contributed by atoms with Gasteiger partial charge in [-0.05, 0) is 33.6 Å². The van der Waals surface area contributed by atoms with Gasteiger partial charge in [0.15, 0.2) is 0 Å². The van der Waals surface area contributed by atoms with E-state index >= 15 is 0 Å². The lowest BCUT2D eigenvalue weighted by molar-refractivity contribution is -0.157. The Morgan fingerprint density at radius 3 is 2.53 bits per heavy atom. The van der Waals surface area contributed by atoms with Crippen molar-refractivity contribution in [1.82, 2.24) is 0 Å². The minimum absolute atomic E-state index is 0.123. The number of carbonyl (C=O) groups is 1. The van der Waals surface area contributed by atoms with Crippen molar-refractivity contribution in [3.05, 3.63) is 12.7 Å². The zero-order valence-electron chi connectivity index (χ0n) is 10.2. The van der Waals surface area contributed by atoms with Crippen LogP contribution >= 0.6 is 0 Å². The normalized spacial score (nSPS) is 14.7. The van der Waals surface area contributed by atoms with E-state index in [1.165, 1.54) is 7.11 Å². The molecule has 0 aliphatic carbocycles. The Labute approximate surface area is 92.5 Å². The molecule has 3 heteroatoms. The molecule has 0 spiro atoms. The Morgan fingerprint density at radius 2 is 2.13 bits per heavy atom. The molecule has 0 aromatic heterocycles. The molecule has 88 valence electrons. The van der Waals surface area contributed by atoms with Crippen LogP contribution in [0.25, 0.3) is 0 Å². The van der Waals surface area contributed by atoms with Crippen molar-refractivity contribution in [2.24, 2.45) is 5.41 Å². The quantitative estimate of drug-likeness (QED) is 0.482. The molecule has 0 aromatic carbocycles. The van der Waals surface area contributed by atoms with Crippen LogP contribution in [0, 0.1) is 5.41 Å². The number of hydrogen-bond acceptors (Lipinski definition) is 3. The summed E-state index contributed by atoms with van der Waals surface area (Å²) < 4.78 is 10.3. The number of allylic oxidation sites excluding steroid dienone is 1. The van der Waals surface area contributed by atoms with E-state index in [2.05, 4.69) is 6.58 Å². The third kappa shape index (κ3) is 4.98. The molecule has 0 fully saturated rings. The molecule has 0 rings (SSSR count). The van der Waals surface area contributed by atoms with E-state index in [0.717, 1.165) is 6.42 Å². The molecular formula is C12H22O3. The molecule has 1 unspecified atom stereocenters. The third-order valence-electron chi connectivity index (χ3n) is 2.31. The zero-order valence-corrected chi connectivity index (χ0v) is 10.2. The first-order chi connectivity index (χ1) is 6.96. The highest BCUT2D eigenvalue weighted by molar-refractivity contribution is 5.76. The summed E-state index contributed by atoms with van der Waals surface area (Å²) >= 11 is 0. The molecule has 1 atom stereocenters. The van der Waals surface area contributed by atoms with Crippen LogP contribution in [0.4, 0.5) is 0 Å². The second-order valence-corrected chi connectivity index (χ2v) is 4.24. The van der Waals surface area contributed by atoms with Crippen LogP contribution in [0.3, 0.4) is 0 Å². The van der Waals surface area contributed by atoms with Gasteiger partial charge in [0.05, 0.1) is 25.2 Å². The first kappa shape index (κ1) is 14.2. The van der Waals surface area contributed by atoms with Gasteiger partial charge in [0.25, 0.3) is 0 Å². The fourth-order valence-corrected chi connectivity index (χ4v) is 1.25. The highest BCUT2D eigenvalue weighted by Crippen LogP contribution is 2.26. The summed E-state index contributed by atoms with van der Waals surface area (Å²) in [6.07, 6.45) is 3.41. The lowest BCUT2D eigenvalue weighted by Gasteiger charge is -2.26. The van der Waals surface area contributed by atoms with Crippen LogP contribution in [-0.2, 0) is 14.3 Å². The number of methoxy groups -OCH3 is 1. The van der Waals surface area contributed by atoms with E-state index in [4.69, 9.17) is 9.47 Å². The summed E-state index contributed by atoms with van der Waals surface area (Å²) in [6.45, 7) is 9.81. The highest BCUT2D eigenvalue weighted by atomic mass is 16.5. The molecule has 0 bridgehead atoms. The van der Waals surface area contributed by atoms with E-state index in [1.54, 1.807) is 6.08 Å². The van der Waals surface area contributed by atoms with Gasteiger partial charge in [-0.2, -0.15) is 0 Å². The van der Waals surface area contributed by atoms with E-state index < -0.39 is 5.41 Å². The van der Waals surface area contributed by atoms with Crippen molar-refractivity contribution in [2.75, 3.05) is 13.7 Å². The van der Waals surface area contributed by atoms with E-state index in [1.807, 2.05) is 20.8 Å². The van der Waals surface area contributed by atoms with Gasteiger partial charge >= 0.3 is 5.97 Å². The van der Waals surface area contributed by atoms with Crippen LogP contribution < -0.4 is 0 Å². The molecule has 0 saturated heterocycles. The van der Waals surface area contributed by atoms with Crippen LogP contribution in [0.2, 0.25) is 0 Å². The number of carbonyl (C=O) groups excluding carboxylic acids is 1. The molecule has 0 N–H and O–H groups in total. The first-order valence-corrected chi connectivity index (χ1v) is 5.27. The van der Waals surface area contributed by atoms with Gasteiger partial charge in [-0.1, -0.05) is 6.08 Å². The lowest BCUT2D eigenvalue weighted by atomic mass is 9.86. The maximum absolute atomic E-state index is 11.6. The van der Waals surface area contributed by atoms with Crippen LogP contribution in [-0.4, -0.2) is 25.8 Å². The zero-order chi connectivity index (χ0) is 11.9. The smallest absolute Gasteiger partial charge is 0.313 e. The maximum Gasteiger partial charge on any atom is 0.313 e. The van der Waals surface area contributed by atoms with Gasteiger partial charge in [0.2, 0.25) is 0 Å². The Morgan fingerprint density at radius 1 is 1.53 bits per heavy atom. The van der Waals surface area contributed by atoms with E-state index in [9.17, 15) is 4.79 Å². The minimum Gasteiger partial charge on any atom is -0.469 e. The molecule has 0 aliphatic rings. The number of rotatable bonds is 7. The monoisotopic (exact) mass is 214 g/mol. The van der Waals surface area contributed by atoms with E-state index in [-0.39, 0.29) is 12.1 Å².